The van der Waals surface area contributed by atoms with Crippen molar-refractivity contribution in [2.45, 2.75) is 19.3 Å². The van der Waals surface area contributed by atoms with Gasteiger partial charge in [-0.05, 0) is 17.7 Å². The van der Waals surface area contributed by atoms with Crippen LogP contribution in [-0.4, -0.2) is 25.8 Å². The highest BCUT2D eigenvalue weighted by molar-refractivity contribution is 5.89. The van der Waals surface area contributed by atoms with E-state index in [0.717, 1.165) is 0 Å². The average Bonchev–Trinajstić information content (AvgIpc) is 2.61. The summed E-state index contributed by atoms with van der Waals surface area (Å²) in [7, 11) is 0. The molecule has 0 saturated carbocycles. The van der Waals surface area contributed by atoms with Crippen molar-refractivity contribution in [2.75, 3.05) is 25.1 Å². The highest BCUT2D eigenvalue weighted by Gasteiger charge is 2.21. The Labute approximate surface area is 142 Å². The van der Waals surface area contributed by atoms with Crippen LogP contribution in [0.5, 0.6) is 11.5 Å². The Morgan fingerprint density at radius 1 is 1.04 bits per heavy atom. The average molecular weight is 326 g/mol. The summed E-state index contributed by atoms with van der Waals surface area (Å²) in [5, 5.41) is 5.76. The number of amides is 2. The summed E-state index contributed by atoms with van der Waals surface area (Å²) in [4.78, 5) is 12.2. The quantitative estimate of drug-likeness (QED) is 0.903. The van der Waals surface area contributed by atoms with Gasteiger partial charge in [0.25, 0.3) is 0 Å². The molecule has 0 radical (unpaired) electrons. The zero-order valence-electron chi connectivity index (χ0n) is 14.0. The summed E-state index contributed by atoms with van der Waals surface area (Å²) in [5.41, 5.74) is 1.71. The normalized spacial score (nSPS) is 13.2. The number of hydrogen-bond acceptors (Lipinski definition) is 3. The van der Waals surface area contributed by atoms with Crippen LogP contribution in [0.25, 0.3) is 0 Å². The first-order valence-corrected chi connectivity index (χ1v) is 8.05. The van der Waals surface area contributed by atoms with E-state index >= 15 is 0 Å². The molecule has 0 saturated heterocycles. The molecule has 24 heavy (non-hydrogen) atoms. The van der Waals surface area contributed by atoms with Crippen LogP contribution in [0.2, 0.25) is 0 Å². The topological polar surface area (TPSA) is 59.6 Å². The van der Waals surface area contributed by atoms with Gasteiger partial charge < -0.3 is 20.1 Å². The zero-order chi connectivity index (χ0) is 17.0. The van der Waals surface area contributed by atoms with Crippen LogP contribution in [0.4, 0.5) is 10.5 Å². The summed E-state index contributed by atoms with van der Waals surface area (Å²) >= 11 is 0. The van der Waals surface area contributed by atoms with Crippen molar-refractivity contribution in [3.05, 3.63) is 54.1 Å². The van der Waals surface area contributed by atoms with Crippen LogP contribution in [0.3, 0.4) is 0 Å². The second-order valence-corrected chi connectivity index (χ2v) is 6.42. The van der Waals surface area contributed by atoms with Gasteiger partial charge in [0.15, 0.2) is 11.5 Å². The van der Waals surface area contributed by atoms with E-state index in [1.165, 1.54) is 5.56 Å². The van der Waals surface area contributed by atoms with Crippen LogP contribution in [0.15, 0.2) is 48.5 Å². The summed E-state index contributed by atoms with van der Waals surface area (Å²) in [6.45, 7) is 5.81. The van der Waals surface area contributed by atoms with Crippen LogP contribution >= 0.6 is 0 Å². The van der Waals surface area contributed by atoms with Gasteiger partial charge in [0.05, 0.1) is 0 Å². The minimum atomic E-state index is -0.240. The van der Waals surface area contributed by atoms with Gasteiger partial charge in [-0.25, -0.2) is 4.79 Å². The van der Waals surface area contributed by atoms with E-state index in [0.29, 0.717) is 36.9 Å². The van der Waals surface area contributed by atoms with Gasteiger partial charge in [0.2, 0.25) is 0 Å². The number of rotatable bonds is 4. The third kappa shape index (κ3) is 3.79. The monoisotopic (exact) mass is 326 g/mol. The number of benzene rings is 2. The molecule has 0 aliphatic carbocycles. The Balaban J connectivity index is 1.58. The minimum Gasteiger partial charge on any atom is -0.486 e. The molecule has 2 amide bonds. The Morgan fingerprint density at radius 3 is 2.50 bits per heavy atom. The lowest BCUT2D eigenvalue weighted by Gasteiger charge is -2.25. The molecule has 1 aliphatic rings. The lowest BCUT2D eigenvalue weighted by molar-refractivity contribution is 0.171. The molecule has 1 aliphatic heterocycles. The molecule has 0 atom stereocenters. The van der Waals surface area contributed by atoms with E-state index in [9.17, 15) is 4.79 Å². The molecule has 0 bridgehead atoms. The SMILES string of the molecule is CC(C)(CNC(=O)Nc1ccc2c(c1)OCCO2)c1ccccc1. The third-order valence-electron chi connectivity index (χ3n) is 4.05. The summed E-state index contributed by atoms with van der Waals surface area (Å²) < 4.78 is 11.0. The molecule has 5 nitrogen and oxygen atoms in total. The van der Waals surface area contributed by atoms with Crippen LogP contribution in [0.1, 0.15) is 19.4 Å². The molecule has 2 aromatic carbocycles. The van der Waals surface area contributed by atoms with Crippen molar-refractivity contribution in [1.82, 2.24) is 5.32 Å². The number of nitrogens with one attached hydrogen (secondary N) is 2. The number of ether oxygens (including phenoxy) is 2. The van der Waals surface area contributed by atoms with E-state index in [1.807, 2.05) is 18.2 Å². The Kier molecular flexibility index (Phi) is 4.60. The van der Waals surface area contributed by atoms with E-state index in [4.69, 9.17) is 9.47 Å². The van der Waals surface area contributed by atoms with Crippen molar-refractivity contribution < 1.29 is 14.3 Å². The number of anilines is 1. The number of carbonyl (C=O) groups is 1. The van der Waals surface area contributed by atoms with Gasteiger partial charge in [-0.3, -0.25) is 0 Å². The van der Waals surface area contributed by atoms with Gasteiger partial charge in [0.1, 0.15) is 13.2 Å². The van der Waals surface area contributed by atoms with Crippen LogP contribution < -0.4 is 20.1 Å². The first-order chi connectivity index (χ1) is 11.5. The second kappa shape index (κ2) is 6.83. The van der Waals surface area contributed by atoms with Crippen molar-refractivity contribution in [3.63, 3.8) is 0 Å². The molecule has 3 rings (SSSR count). The van der Waals surface area contributed by atoms with E-state index < -0.39 is 0 Å². The molecule has 2 N–H and O–H groups in total. The smallest absolute Gasteiger partial charge is 0.319 e. The summed E-state index contributed by atoms with van der Waals surface area (Å²) in [6.07, 6.45) is 0. The van der Waals surface area contributed by atoms with Gasteiger partial charge in [-0.2, -0.15) is 0 Å². The zero-order valence-corrected chi connectivity index (χ0v) is 14.0. The summed E-state index contributed by atoms with van der Waals surface area (Å²) in [6, 6.07) is 15.3. The van der Waals surface area contributed by atoms with E-state index in [-0.39, 0.29) is 11.4 Å². The highest BCUT2D eigenvalue weighted by atomic mass is 16.6. The maximum Gasteiger partial charge on any atom is 0.319 e. The van der Waals surface area contributed by atoms with Crippen molar-refractivity contribution in [2.24, 2.45) is 0 Å². The van der Waals surface area contributed by atoms with Crippen molar-refractivity contribution in [3.8, 4) is 11.5 Å². The molecule has 0 aromatic heterocycles. The fraction of sp³-hybridized carbons (Fsp3) is 0.316. The fourth-order valence-corrected chi connectivity index (χ4v) is 2.59. The van der Waals surface area contributed by atoms with Crippen molar-refractivity contribution >= 4 is 11.7 Å². The third-order valence-corrected chi connectivity index (χ3v) is 4.05. The highest BCUT2D eigenvalue weighted by Crippen LogP contribution is 2.32. The first-order valence-electron chi connectivity index (χ1n) is 8.05. The van der Waals surface area contributed by atoms with Gasteiger partial charge in [0, 0.05) is 23.7 Å². The molecule has 0 unspecified atom stereocenters. The second-order valence-electron chi connectivity index (χ2n) is 6.42. The molecule has 0 spiro atoms. The van der Waals surface area contributed by atoms with Crippen LogP contribution in [0, 0.1) is 0 Å². The van der Waals surface area contributed by atoms with Gasteiger partial charge in [-0.1, -0.05) is 44.2 Å². The molecule has 126 valence electrons. The van der Waals surface area contributed by atoms with E-state index in [2.05, 4.69) is 36.6 Å². The predicted octanol–water partition coefficient (Wildman–Crippen LogP) is 3.56. The maximum absolute atomic E-state index is 12.2. The number of carbonyl (C=O) groups excluding carboxylic acids is 1. The van der Waals surface area contributed by atoms with Gasteiger partial charge >= 0.3 is 6.03 Å². The Morgan fingerprint density at radius 2 is 1.75 bits per heavy atom. The maximum atomic E-state index is 12.2. The molecular weight excluding hydrogens is 304 g/mol. The molecule has 1 heterocycles. The Bertz CT molecular complexity index is 714. The first kappa shape index (κ1) is 16.2. The standard InChI is InChI=1S/C19H22N2O3/c1-19(2,14-6-4-3-5-7-14)13-20-18(22)21-15-8-9-16-17(12-15)24-11-10-23-16/h3-9,12H,10-11,13H2,1-2H3,(H2,20,21,22). The van der Waals surface area contributed by atoms with Crippen molar-refractivity contribution in [1.29, 1.82) is 0 Å². The number of fused-ring (bicyclic) bond motifs is 1. The fourth-order valence-electron chi connectivity index (χ4n) is 2.59. The molecule has 5 heteroatoms. The predicted molar refractivity (Wildman–Crippen MR) is 93.9 cm³/mol. The Hall–Kier alpha value is -2.69. The number of urea groups is 1. The largest absolute Gasteiger partial charge is 0.486 e. The molecule has 0 fully saturated rings. The van der Waals surface area contributed by atoms with Crippen LogP contribution in [-0.2, 0) is 5.41 Å². The van der Waals surface area contributed by atoms with Gasteiger partial charge in [-0.15, -0.1) is 0 Å². The van der Waals surface area contributed by atoms with E-state index in [1.54, 1.807) is 18.2 Å². The lowest BCUT2D eigenvalue weighted by atomic mass is 9.85. The molecule has 2 aromatic rings. The molecular formula is C19H22N2O3. The summed E-state index contributed by atoms with van der Waals surface area (Å²) in [5.74, 6) is 1.36. The number of hydrogen-bond donors (Lipinski definition) is 2. The minimum absolute atomic E-state index is 0.147. The lowest BCUT2D eigenvalue weighted by Crippen LogP contribution is -2.38.